The van der Waals surface area contributed by atoms with E-state index in [0.717, 1.165) is 12.3 Å². The van der Waals surface area contributed by atoms with Gasteiger partial charge in [0.05, 0.1) is 10.7 Å². The maximum Gasteiger partial charge on any atom is 0.289 e. The first-order valence-electron chi connectivity index (χ1n) is 5.09. The monoisotopic (exact) mass is 285 g/mol. The first kappa shape index (κ1) is 14.8. The molecular formula is C9H11N5O4S. The van der Waals surface area contributed by atoms with Crippen LogP contribution in [0.15, 0.2) is 12.3 Å². The van der Waals surface area contributed by atoms with E-state index in [0.29, 0.717) is 0 Å². The predicted molar refractivity (Wildman–Crippen MR) is 66.9 cm³/mol. The summed E-state index contributed by atoms with van der Waals surface area (Å²) >= 11 is 0. The van der Waals surface area contributed by atoms with Crippen molar-refractivity contribution in [2.75, 3.05) is 24.7 Å². The van der Waals surface area contributed by atoms with E-state index in [9.17, 15) is 18.5 Å². The predicted octanol–water partition coefficient (Wildman–Crippen LogP) is -0.177. The van der Waals surface area contributed by atoms with Crippen LogP contribution in [-0.4, -0.2) is 37.7 Å². The molecule has 0 saturated carbocycles. The van der Waals surface area contributed by atoms with Crippen LogP contribution in [0.4, 0.5) is 11.5 Å². The van der Waals surface area contributed by atoms with Crippen molar-refractivity contribution < 1.29 is 13.3 Å². The van der Waals surface area contributed by atoms with E-state index < -0.39 is 14.9 Å². The highest BCUT2D eigenvalue weighted by atomic mass is 32.2. The number of nitro groups is 1. The Morgan fingerprint density at radius 3 is 2.79 bits per heavy atom. The highest BCUT2D eigenvalue weighted by Gasteiger charge is 2.13. The molecule has 0 atom stereocenters. The molecule has 10 heteroatoms. The quantitative estimate of drug-likeness (QED) is 0.546. The highest BCUT2D eigenvalue weighted by molar-refractivity contribution is 7.89. The van der Waals surface area contributed by atoms with Crippen LogP contribution in [0.25, 0.3) is 0 Å². The molecule has 102 valence electrons. The van der Waals surface area contributed by atoms with Crippen molar-refractivity contribution in [1.82, 2.24) is 9.71 Å². The molecule has 9 nitrogen and oxygen atoms in total. The Hall–Kier alpha value is -2.25. The first-order valence-corrected chi connectivity index (χ1v) is 6.74. The summed E-state index contributed by atoms with van der Waals surface area (Å²) in [5, 5.41) is 22.0. The molecule has 0 fully saturated rings. The van der Waals surface area contributed by atoms with Gasteiger partial charge in [-0.3, -0.25) is 10.1 Å². The fraction of sp³-hybridized carbons (Fsp3) is 0.333. The molecule has 0 aliphatic carbocycles. The van der Waals surface area contributed by atoms with Crippen molar-refractivity contribution in [3.63, 3.8) is 0 Å². The lowest BCUT2D eigenvalue weighted by Crippen LogP contribution is -2.26. The number of hydrogen-bond acceptors (Lipinski definition) is 7. The molecule has 1 aromatic rings. The Morgan fingerprint density at radius 2 is 2.26 bits per heavy atom. The fourth-order valence-corrected chi connectivity index (χ4v) is 1.76. The number of nitrogens with zero attached hydrogens (tertiary/aromatic N) is 3. The Kier molecular flexibility index (Phi) is 4.74. The third kappa shape index (κ3) is 4.16. The lowest BCUT2D eigenvalue weighted by Gasteiger charge is -2.07. The molecule has 0 radical (unpaired) electrons. The van der Waals surface area contributed by atoms with Gasteiger partial charge in [-0.1, -0.05) is 0 Å². The van der Waals surface area contributed by atoms with Gasteiger partial charge in [0.2, 0.25) is 10.0 Å². The van der Waals surface area contributed by atoms with Crippen LogP contribution in [0.3, 0.4) is 0 Å². The van der Waals surface area contributed by atoms with Crippen LogP contribution in [0.5, 0.6) is 0 Å². The van der Waals surface area contributed by atoms with Gasteiger partial charge < -0.3 is 5.32 Å². The maximum atomic E-state index is 11.2. The van der Waals surface area contributed by atoms with Crippen LogP contribution >= 0.6 is 0 Å². The molecule has 0 aliphatic rings. The van der Waals surface area contributed by atoms with Crippen LogP contribution in [0.2, 0.25) is 0 Å². The van der Waals surface area contributed by atoms with E-state index in [1.54, 1.807) is 6.07 Å². The number of anilines is 1. The van der Waals surface area contributed by atoms with Crippen molar-refractivity contribution in [2.24, 2.45) is 0 Å². The number of pyridine rings is 1. The van der Waals surface area contributed by atoms with Gasteiger partial charge in [0.25, 0.3) is 5.69 Å². The first-order chi connectivity index (χ1) is 8.89. The van der Waals surface area contributed by atoms with E-state index in [4.69, 9.17) is 5.26 Å². The maximum absolute atomic E-state index is 11.2. The topological polar surface area (TPSA) is 138 Å². The van der Waals surface area contributed by atoms with Crippen molar-refractivity contribution in [1.29, 1.82) is 5.26 Å². The molecular weight excluding hydrogens is 274 g/mol. The Labute approximate surface area is 109 Å². The van der Waals surface area contributed by atoms with E-state index in [1.807, 2.05) is 0 Å². The van der Waals surface area contributed by atoms with E-state index in [1.165, 1.54) is 7.05 Å². The minimum absolute atomic E-state index is 0.0175. The van der Waals surface area contributed by atoms with Crippen molar-refractivity contribution in [3.8, 4) is 6.07 Å². The van der Waals surface area contributed by atoms with E-state index >= 15 is 0 Å². The SMILES string of the molecule is CNS(=O)(=O)CCNc1ncc([N+](=O)[O-])cc1C#N. The lowest BCUT2D eigenvalue weighted by molar-refractivity contribution is -0.385. The van der Waals surface area contributed by atoms with E-state index in [-0.39, 0.29) is 29.4 Å². The molecule has 0 amide bonds. The third-order valence-electron chi connectivity index (χ3n) is 2.18. The summed E-state index contributed by atoms with van der Waals surface area (Å²) in [6.07, 6.45) is 0.996. The summed E-state index contributed by atoms with van der Waals surface area (Å²) < 4.78 is 24.5. The van der Waals surface area contributed by atoms with E-state index in [2.05, 4.69) is 15.0 Å². The molecule has 1 aromatic heterocycles. The number of sulfonamides is 1. The summed E-state index contributed by atoms with van der Waals surface area (Å²) in [5.41, 5.74) is -0.319. The second-order valence-electron chi connectivity index (χ2n) is 3.41. The van der Waals surface area contributed by atoms with Crippen LogP contribution < -0.4 is 10.0 Å². The third-order valence-corrected chi connectivity index (χ3v) is 3.54. The summed E-state index contributed by atoms with van der Waals surface area (Å²) in [6.45, 7) is 0.0304. The molecule has 0 saturated heterocycles. The second kappa shape index (κ2) is 6.07. The molecule has 0 unspecified atom stereocenters. The fourth-order valence-electron chi connectivity index (χ4n) is 1.19. The molecule has 0 bridgehead atoms. The summed E-state index contributed by atoms with van der Waals surface area (Å²) in [4.78, 5) is 13.6. The molecule has 1 heterocycles. The molecule has 0 spiro atoms. The number of nitrogens with one attached hydrogen (secondary N) is 2. The number of nitriles is 1. The largest absolute Gasteiger partial charge is 0.368 e. The molecule has 19 heavy (non-hydrogen) atoms. The van der Waals surface area contributed by atoms with Crippen molar-refractivity contribution in [2.45, 2.75) is 0 Å². The number of aromatic nitrogens is 1. The average molecular weight is 285 g/mol. The van der Waals surface area contributed by atoms with Gasteiger partial charge in [-0.2, -0.15) is 5.26 Å². The molecule has 1 rings (SSSR count). The summed E-state index contributed by atoms with van der Waals surface area (Å²) in [6, 6.07) is 2.83. The Bertz CT molecular complexity index is 622. The molecule has 0 aromatic carbocycles. The van der Waals surface area contributed by atoms with Crippen molar-refractivity contribution in [3.05, 3.63) is 27.9 Å². The van der Waals surface area contributed by atoms with Crippen LogP contribution in [0.1, 0.15) is 5.56 Å². The summed E-state index contributed by atoms with van der Waals surface area (Å²) in [5.74, 6) is -0.0908. The smallest absolute Gasteiger partial charge is 0.289 e. The standard InChI is InChI=1S/C9H11N5O4S/c1-11-19(17,18)3-2-12-9-7(5-10)4-8(6-13-9)14(15)16/h4,6,11H,2-3H2,1H3,(H,12,13). The molecule has 2 N–H and O–H groups in total. The second-order valence-corrected chi connectivity index (χ2v) is 5.45. The van der Waals surface area contributed by atoms with Gasteiger partial charge in [0.1, 0.15) is 23.6 Å². The zero-order valence-corrected chi connectivity index (χ0v) is 10.8. The minimum atomic E-state index is -3.36. The Balaban J connectivity index is 2.80. The summed E-state index contributed by atoms with van der Waals surface area (Å²) in [7, 11) is -2.07. The minimum Gasteiger partial charge on any atom is -0.368 e. The normalized spacial score (nSPS) is 10.7. The lowest BCUT2D eigenvalue weighted by atomic mass is 10.2. The van der Waals surface area contributed by atoms with Crippen LogP contribution in [0, 0.1) is 21.4 Å². The average Bonchev–Trinajstić information content (AvgIpc) is 2.38. The van der Waals surface area contributed by atoms with Gasteiger partial charge in [-0.25, -0.2) is 18.1 Å². The van der Waals surface area contributed by atoms with Gasteiger partial charge in [0.15, 0.2) is 0 Å². The highest BCUT2D eigenvalue weighted by Crippen LogP contribution is 2.17. The molecule has 0 aliphatic heterocycles. The zero-order chi connectivity index (χ0) is 14.5. The van der Waals surface area contributed by atoms with Gasteiger partial charge >= 0.3 is 0 Å². The zero-order valence-electron chi connectivity index (χ0n) is 9.95. The number of rotatable bonds is 6. The van der Waals surface area contributed by atoms with Gasteiger partial charge in [-0.15, -0.1) is 0 Å². The van der Waals surface area contributed by atoms with Crippen molar-refractivity contribution >= 4 is 21.5 Å². The van der Waals surface area contributed by atoms with Gasteiger partial charge in [0, 0.05) is 12.6 Å². The van der Waals surface area contributed by atoms with Gasteiger partial charge in [-0.05, 0) is 7.05 Å². The number of hydrogen-bond donors (Lipinski definition) is 2. The van der Waals surface area contributed by atoms with Crippen LogP contribution in [-0.2, 0) is 10.0 Å². The Morgan fingerprint density at radius 1 is 1.58 bits per heavy atom.